The molecule has 2 aromatic carbocycles. The first-order chi connectivity index (χ1) is 16.6. The Labute approximate surface area is 196 Å². The molecule has 0 atom stereocenters. The SMILES string of the molecule is CN1CCN(C(=O)c2cc(Cc3n[nH]c(=O)c4ccccc34)ccc2F)C/C=N/N=C\1C(F)(F)F. The summed E-state index contributed by atoms with van der Waals surface area (Å²) in [6, 6.07) is 10.9. The third-order valence-electron chi connectivity index (χ3n) is 5.55. The van der Waals surface area contributed by atoms with Crippen molar-refractivity contribution >= 4 is 28.7 Å². The van der Waals surface area contributed by atoms with E-state index < -0.39 is 23.7 Å². The van der Waals surface area contributed by atoms with Gasteiger partial charge in [0.15, 0.2) is 0 Å². The molecule has 12 heteroatoms. The molecule has 4 rings (SSSR count). The number of hydrogen-bond acceptors (Lipinski definition) is 6. The van der Waals surface area contributed by atoms with Crippen LogP contribution in [0, 0.1) is 5.82 Å². The highest BCUT2D eigenvalue weighted by Gasteiger charge is 2.39. The van der Waals surface area contributed by atoms with Gasteiger partial charge in [-0.1, -0.05) is 24.3 Å². The highest BCUT2D eigenvalue weighted by Crippen LogP contribution is 2.21. The van der Waals surface area contributed by atoms with Gasteiger partial charge in [-0.2, -0.15) is 23.4 Å². The van der Waals surface area contributed by atoms with Gasteiger partial charge in [-0.05, 0) is 23.8 Å². The quantitative estimate of drug-likeness (QED) is 0.574. The fourth-order valence-electron chi connectivity index (χ4n) is 3.75. The monoisotopic (exact) mass is 488 g/mol. The Kier molecular flexibility index (Phi) is 6.63. The second-order valence-electron chi connectivity index (χ2n) is 7.93. The van der Waals surface area contributed by atoms with Crippen molar-refractivity contribution in [3.05, 3.63) is 75.5 Å². The van der Waals surface area contributed by atoms with Crippen LogP contribution in [0.3, 0.4) is 0 Å². The molecule has 0 bridgehead atoms. The van der Waals surface area contributed by atoms with Crippen molar-refractivity contribution in [1.29, 1.82) is 0 Å². The summed E-state index contributed by atoms with van der Waals surface area (Å²) in [6.45, 7) is -0.425. The van der Waals surface area contributed by atoms with Gasteiger partial charge in [-0.25, -0.2) is 9.49 Å². The number of fused-ring (bicyclic) bond motifs is 1. The second kappa shape index (κ2) is 9.65. The summed E-state index contributed by atoms with van der Waals surface area (Å²) in [7, 11) is 1.19. The lowest BCUT2D eigenvalue weighted by atomic mass is 10.0. The van der Waals surface area contributed by atoms with Crippen LogP contribution in [-0.2, 0) is 6.42 Å². The van der Waals surface area contributed by atoms with E-state index in [1.165, 1.54) is 24.1 Å². The normalized spacial score (nSPS) is 17.3. The van der Waals surface area contributed by atoms with E-state index in [2.05, 4.69) is 20.4 Å². The number of aromatic nitrogens is 2. The van der Waals surface area contributed by atoms with Gasteiger partial charge >= 0.3 is 6.18 Å². The molecule has 1 N–H and O–H groups in total. The Bertz CT molecular complexity index is 1380. The first-order valence-corrected chi connectivity index (χ1v) is 10.6. The first kappa shape index (κ1) is 24.0. The third-order valence-corrected chi connectivity index (χ3v) is 5.55. The molecule has 8 nitrogen and oxygen atoms in total. The molecule has 1 amide bonds. The van der Waals surface area contributed by atoms with Crippen LogP contribution in [-0.4, -0.2) is 70.8 Å². The van der Waals surface area contributed by atoms with Crippen molar-refractivity contribution in [2.24, 2.45) is 10.2 Å². The van der Waals surface area contributed by atoms with Crippen LogP contribution >= 0.6 is 0 Å². The van der Waals surface area contributed by atoms with E-state index >= 15 is 0 Å². The van der Waals surface area contributed by atoms with Crippen molar-refractivity contribution in [1.82, 2.24) is 20.0 Å². The fraction of sp³-hybridized carbons (Fsp3) is 0.261. The first-order valence-electron chi connectivity index (χ1n) is 10.6. The van der Waals surface area contributed by atoms with Crippen molar-refractivity contribution in [3.63, 3.8) is 0 Å². The van der Waals surface area contributed by atoms with Gasteiger partial charge in [0.2, 0.25) is 5.84 Å². The zero-order valence-electron chi connectivity index (χ0n) is 18.5. The van der Waals surface area contributed by atoms with Gasteiger partial charge in [0.1, 0.15) is 5.82 Å². The zero-order valence-corrected chi connectivity index (χ0v) is 18.5. The largest absolute Gasteiger partial charge is 0.451 e. The molecule has 0 radical (unpaired) electrons. The Morgan fingerprint density at radius 3 is 2.60 bits per heavy atom. The van der Waals surface area contributed by atoms with E-state index in [-0.39, 0.29) is 37.2 Å². The number of carbonyl (C=O) groups is 1. The number of nitrogens with zero attached hydrogens (tertiary/aromatic N) is 5. The van der Waals surface area contributed by atoms with Crippen LogP contribution in [0.4, 0.5) is 17.6 Å². The number of nitrogens with one attached hydrogen (secondary N) is 1. The summed E-state index contributed by atoms with van der Waals surface area (Å²) in [4.78, 5) is 27.2. The van der Waals surface area contributed by atoms with Gasteiger partial charge in [-0.15, -0.1) is 5.10 Å². The molecular formula is C23H20F4N6O2. The van der Waals surface area contributed by atoms with E-state index in [0.717, 1.165) is 17.2 Å². The lowest BCUT2D eigenvalue weighted by Gasteiger charge is -2.26. The number of hydrogen-bond donors (Lipinski definition) is 1. The van der Waals surface area contributed by atoms with E-state index in [9.17, 15) is 27.2 Å². The number of halogens is 4. The van der Waals surface area contributed by atoms with E-state index in [0.29, 0.717) is 22.0 Å². The number of amides is 1. The number of alkyl halides is 3. The summed E-state index contributed by atoms with van der Waals surface area (Å²) < 4.78 is 54.1. The molecule has 0 saturated heterocycles. The topological polar surface area (TPSA) is 94.0 Å². The Balaban J connectivity index is 1.58. The van der Waals surface area contributed by atoms with Gasteiger partial charge in [0.05, 0.1) is 23.2 Å². The zero-order chi connectivity index (χ0) is 25.2. The van der Waals surface area contributed by atoms with Crippen LogP contribution in [0.5, 0.6) is 0 Å². The standard InChI is InChI=1S/C23H20F4N6O2/c1-32-10-11-33(9-8-28-31-22(32)23(25,26)27)21(35)17-12-14(6-7-18(17)24)13-19-15-4-2-3-5-16(15)20(34)30-29-19/h2-8,12H,9-11,13H2,1H3,(H,30,34)/b28-8+,31-22-. The minimum atomic E-state index is -4.70. The molecule has 0 unspecified atom stereocenters. The minimum absolute atomic E-state index is 0.105. The Hall–Kier alpha value is -4.09. The Morgan fingerprint density at radius 1 is 1.11 bits per heavy atom. The van der Waals surface area contributed by atoms with E-state index in [4.69, 9.17) is 0 Å². The second-order valence-corrected chi connectivity index (χ2v) is 7.93. The maximum Gasteiger partial charge on any atom is 0.451 e. The number of carbonyl (C=O) groups excluding carboxylic acids is 1. The number of aromatic amines is 1. The molecule has 1 aliphatic heterocycles. The van der Waals surface area contributed by atoms with Gasteiger partial charge in [-0.3, -0.25) is 9.59 Å². The number of likely N-dealkylation sites (N-methyl/N-ethyl adjacent to an activating group) is 1. The molecule has 0 aliphatic carbocycles. The van der Waals surface area contributed by atoms with Crippen LogP contribution < -0.4 is 5.56 Å². The summed E-state index contributed by atoms with van der Waals surface area (Å²) in [5, 5.41) is 14.3. The minimum Gasteiger partial charge on any atom is -0.352 e. The molecule has 1 aliphatic rings. The fourth-order valence-corrected chi connectivity index (χ4v) is 3.75. The highest BCUT2D eigenvalue weighted by molar-refractivity contribution is 5.96. The predicted molar refractivity (Wildman–Crippen MR) is 122 cm³/mol. The molecule has 182 valence electrons. The summed E-state index contributed by atoms with van der Waals surface area (Å²) in [5.41, 5.74) is 0.538. The molecule has 1 aromatic heterocycles. The van der Waals surface area contributed by atoms with Crippen LogP contribution in [0.2, 0.25) is 0 Å². The predicted octanol–water partition coefficient (Wildman–Crippen LogP) is 2.99. The van der Waals surface area contributed by atoms with E-state index in [1.807, 2.05) is 0 Å². The van der Waals surface area contributed by atoms with Gasteiger partial charge in [0, 0.05) is 38.2 Å². The third kappa shape index (κ3) is 5.20. The summed E-state index contributed by atoms with van der Waals surface area (Å²) >= 11 is 0. The van der Waals surface area contributed by atoms with Crippen molar-refractivity contribution in [3.8, 4) is 0 Å². The number of amidine groups is 1. The highest BCUT2D eigenvalue weighted by atomic mass is 19.4. The molecule has 0 saturated carbocycles. The summed E-state index contributed by atoms with van der Waals surface area (Å²) in [6.07, 6.45) is -3.42. The smallest absolute Gasteiger partial charge is 0.352 e. The number of rotatable bonds is 3. The molecule has 0 spiro atoms. The molecular weight excluding hydrogens is 468 g/mol. The van der Waals surface area contributed by atoms with Crippen molar-refractivity contribution in [2.75, 3.05) is 26.7 Å². The maximum atomic E-state index is 14.7. The number of H-pyrrole nitrogens is 1. The van der Waals surface area contributed by atoms with Crippen LogP contribution in [0.25, 0.3) is 10.8 Å². The summed E-state index contributed by atoms with van der Waals surface area (Å²) in [5.74, 6) is -2.65. The molecule has 3 aromatic rings. The van der Waals surface area contributed by atoms with Gasteiger partial charge in [0.25, 0.3) is 11.5 Å². The molecule has 35 heavy (non-hydrogen) atoms. The average molecular weight is 488 g/mol. The van der Waals surface area contributed by atoms with Crippen molar-refractivity contribution < 1.29 is 22.4 Å². The maximum absolute atomic E-state index is 14.7. The molecule has 2 heterocycles. The van der Waals surface area contributed by atoms with Crippen LogP contribution in [0.1, 0.15) is 21.6 Å². The lowest BCUT2D eigenvalue weighted by Crippen LogP contribution is -2.44. The lowest BCUT2D eigenvalue weighted by molar-refractivity contribution is -0.0680. The van der Waals surface area contributed by atoms with Gasteiger partial charge < -0.3 is 9.80 Å². The average Bonchev–Trinajstić information content (AvgIpc) is 2.92. The number of benzene rings is 2. The van der Waals surface area contributed by atoms with E-state index in [1.54, 1.807) is 24.3 Å². The van der Waals surface area contributed by atoms with Crippen LogP contribution in [0.15, 0.2) is 57.5 Å². The molecule has 0 fully saturated rings. The Morgan fingerprint density at radius 2 is 1.86 bits per heavy atom. The van der Waals surface area contributed by atoms with Crippen molar-refractivity contribution in [2.45, 2.75) is 12.6 Å².